The number of ether oxygens (including phenoxy) is 2. The van der Waals surface area contributed by atoms with Crippen LogP contribution in [0.15, 0.2) is 74.1 Å². The van der Waals surface area contributed by atoms with Gasteiger partial charge >= 0.3 is 5.97 Å². The largest absolute Gasteiger partial charge is 0.497 e. The molecule has 4 rings (SSSR count). The molecule has 0 bridgehead atoms. The van der Waals surface area contributed by atoms with Crippen molar-refractivity contribution in [1.82, 2.24) is 19.6 Å². The second-order valence-corrected chi connectivity index (χ2v) is 8.22. The van der Waals surface area contributed by atoms with E-state index in [-0.39, 0.29) is 11.3 Å². The molecule has 2 aromatic carbocycles. The zero-order chi connectivity index (χ0) is 27.7. The topological polar surface area (TPSA) is 108 Å². The lowest BCUT2D eigenvalue weighted by Crippen LogP contribution is -2.00. The molecule has 0 spiro atoms. The third-order valence-electron chi connectivity index (χ3n) is 5.58. The molecule has 2 heterocycles. The molecular weight excluding hydrogens is 484 g/mol. The summed E-state index contributed by atoms with van der Waals surface area (Å²) in [7, 11) is 3.25. The summed E-state index contributed by atoms with van der Waals surface area (Å²) in [5.74, 6) is 0.592. The van der Waals surface area contributed by atoms with Gasteiger partial charge in [-0.1, -0.05) is 37.4 Å². The highest BCUT2D eigenvalue weighted by Crippen LogP contribution is 2.16. The monoisotopic (exact) mass is 514 g/mol. The van der Waals surface area contributed by atoms with Gasteiger partial charge in [-0.25, -0.2) is 4.79 Å². The van der Waals surface area contributed by atoms with E-state index in [4.69, 9.17) is 14.6 Å². The number of aromatic carboxylic acids is 1. The molecule has 196 valence electrons. The molecule has 0 unspecified atom stereocenters. The van der Waals surface area contributed by atoms with Gasteiger partial charge in [0.25, 0.3) is 0 Å². The number of rotatable bonds is 10. The SMILES string of the molecule is C=Cc1nn(Cc2ccc(OC)cc2)cc1C(=O)O.C=Cc1nn(Cc2ccc(OC)cc2)cc1C(C)=O. The number of methoxy groups -OCH3 is 2. The lowest BCUT2D eigenvalue weighted by molar-refractivity contribution is 0.0696. The average Bonchev–Trinajstić information content (AvgIpc) is 3.54. The minimum atomic E-state index is -1.00. The van der Waals surface area contributed by atoms with Crippen molar-refractivity contribution in [3.8, 4) is 11.5 Å². The van der Waals surface area contributed by atoms with Crippen molar-refractivity contribution in [2.45, 2.75) is 20.0 Å². The molecule has 0 amide bonds. The smallest absolute Gasteiger partial charge is 0.339 e. The Hall–Kier alpha value is -4.92. The highest BCUT2D eigenvalue weighted by atomic mass is 16.5. The van der Waals surface area contributed by atoms with E-state index in [9.17, 15) is 9.59 Å². The van der Waals surface area contributed by atoms with Crippen molar-refractivity contribution in [3.63, 3.8) is 0 Å². The summed E-state index contributed by atoms with van der Waals surface area (Å²) in [6.07, 6.45) is 6.29. The minimum absolute atomic E-state index is 0.00381. The lowest BCUT2D eigenvalue weighted by Gasteiger charge is -2.03. The standard InChI is InChI=1S/C15H16N2O2.C14H14N2O3/c1-4-15-14(11(2)18)10-17(16-15)9-12-5-7-13(19-3)8-6-12;1-3-13-12(14(17)18)9-16(15-13)8-10-4-6-11(19-2)7-5-10/h4-8,10H,1,9H2,2-3H3;3-7,9H,1,8H2,2H3,(H,17,18). The predicted octanol–water partition coefficient (Wildman–Crippen LogP) is 5.07. The van der Waals surface area contributed by atoms with Crippen LogP contribution in [0.5, 0.6) is 11.5 Å². The van der Waals surface area contributed by atoms with E-state index < -0.39 is 5.97 Å². The Morgan fingerprint density at radius 3 is 1.47 bits per heavy atom. The number of carbonyl (C=O) groups excluding carboxylic acids is 1. The number of carboxylic acids is 1. The Balaban J connectivity index is 0.000000211. The second-order valence-electron chi connectivity index (χ2n) is 8.22. The molecule has 0 saturated heterocycles. The fourth-order valence-corrected chi connectivity index (χ4v) is 3.61. The van der Waals surface area contributed by atoms with Gasteiger partial charge in [0, 0.05) is 12.4 Å². The Kier molecular flexibility index (Phi) is 9.37. The van der Waals surface area contributed by atoms with Crippen LogP contribution in [-0.4, -0.2) is 50.6 Å². The van der Waals surface area contributed by atoms with E-state index in [0.29, 0.717) is 30.0 Å². The Bertz CT molecular complexity index is 1310. The lowest BCUT2D eigenvalue weighted by atomic mass is 10.2. The van der Waals surface area contributed by atoms with Crippen molar-refractivity contribution < 1.29 is 24.2 Å². The summed E-state index contributed by atoms with van der Waals surface area (Å²) in [5.41, 5.74) is 3.86. The second kappa shape index (κ2) is 12.9. The molecule has 0 radical (unpaired) electrons. The normalized spacial score (nSPS) is 10.2. The van der Waals surface area contributed by atoms with Crippen LogP contribution in [0.1, 0.15) is 50.2 Å². The molecule has 0 aliphatic carbocycles. The highest BCUT2D eigenvalue weighted by Gasteiger charge is 2.13. The summed E-state index contributed by atoms with van der Waals surface area (Å²) in [6.45, 7) is 9.87. The molecular formula is C29H30N4O5. The first-order chi connectivity index (χ1) is 18.3. The van der Waals surface area contributed by atoms with Gasteiger partial charge < -0.3 is 14.6 Å². The van der Waals surface area contributed by atoms with Crippen LogP contribution in [0.2, 0.25) is 0 Å². The number of hydrogen-bond donors (Lipinski definition) is 1. The third kappa shape index (κ3) is 7.07. The van der Waals surface area contributed by atoms with Crippen LogP contribution in [0.3, 0.4) is 0 Å². The fourth-order valence-electron chi connectivity index (χ4n) is 3.61. The Morgan fingerprint density at radius 2 is 1.18 bits per heavy atom. The molecule has 0 aliphatic rings. The van der Waals surface area contributed by atoms with Crippen molar-refractivity contribution >= 4 is 23.9 Å². The molecule has 0 saturated carbocycles. The fraction of sp³-hybridized carbons (Fsp3) is 0.172. The first-order valence-electron chi connectivity index (χ1n) is 11.7. The predicted molar refractivity (Wildman–Crippen MR) is 146 cm³/mol. The maximum atomic E-state index is 11.5. The summed E-state index contributed by atoms with van der Waals surface area (Å²) in [6, 6.07) is 15.3. The van der Waals surface area contributed by atoms with Gasteiger partial charge in [0.05, 0.1) is 44.3 Å². The highest BCUT2D eigenvalue weighted by molar-refractivity contribution is 5.96. The molecule has 0 atom stereocenters. The van der Waals surface area contributed by atoms with Crippen LogP contribution in [0, 0.1) is 0 Å². The number of nitrogens with zero attached hydrogens (tertiary/aromatic N) is 4. The Morgan fingerprint density at radius 1 is 0.789 bits per heavy atom. The van der Waals surface area contributed by atoms with Crippen LogP contribution in [-0.2, 0) is 13.1 Å². The average molecular weight is 515 g/mol. The maximum absolute atomic E-state index is 11.5. The van der Waals surface area contributed by atoms with Crippen LogP contribution in [0.4, 0.5) is 0 Å². The minimum Gasteiger partial charge on any atom is -0.497 e. The van der Waals surface area contributed by atoms with Crippen molar-refractivity contribution in [2.75, 3.05) is 14.2 Å². The molecule has 9 nitrogen and oxygen atoms in total. The van der Waals surface area contributed by atoms with E-state index in [2.05, 4.69) is 23.4 Å². The molecule has 2 aromatic heterocycles. The summed E-state index contributed by atoms with van der Waals surface area (Å²) in [4.78, 5) is 22.5. The van der Waals surface area contributed by atoms with Crippen LogP contribution >= 0.6 is 0 Å². The van der Waals surface area contributed by atoms with E-state index in [1.807, 2.05) is 48.5 Å². The van der Waals surface area contributed by atoms with Crippen molar-refractivity contribution in [3.05, 3.63) is 108 Å². The number of benzene rings is 2. The molecule has 0 fully saturated rings. The summed E-state index contributed by atoms with van der Waals surface area (Å²) in [5, 5.41) is 17.5. The van der Waals surface area contributed by atoms with Gasteiger partial charge in [0.1, 0.15) is 17.1 Å². The Labute approximate surface area is 221 Å². The van der Waals surface area contributed by atoms with E-state index in [1.165, 1.54) is 19.2 Å². The van der Waals surface area contributed by atoms with Gasteiger partial charge in [-0.3, -0.25) is 14.2 Å². The first kappa shape index (κ1) is 27.7. The molecule has 0 aliphatic heterocycles. The van der Waals surface area contributed by atoms with Crippen LogP contribution in [0.25, 0.3) is 12.2 Å². The van der Waals surface area contributed by atoms with Gasteiger partial charge in [-0.2, -0.15) is 10.2 Å². The molecule has 1 N–H and O–H groups in total. The van der Waals surface area contributed by atoms with Gasteiger partial charge in [0.15, 0.2) is 5.78 Å². The number of Topliss-reactive ketones (excluding diaryl/α,β-unsaturated/α-hetero) is 1. The van der Waals surface area contributed by atoms with E-state index in [1.54, 1.807) is 35.9 Å². The number of carbonyl (C=O) groups is 2. The molecule has 38 heavy (non-hydrogen) atoms. The summed E-state index contributed by atoms with van der Waals surface area (Å²) >= 11 is 0. The molecule has 9 heteroatoms. The number of aromatic nitrogens is 4. The molecule has 4 aromatic rings. The number of carboxylic acid groups (broad SMARTS) is 1. The van der Waals surface area contributed by atoms with Crippen LogP contribution < -0.4 is 9.47 Å². The van der Waals surface area contributed by atoms with Crippen molar-refractivity contribution in [2.24, 2.45) is 0 Å². The van der Waals surface area contributed by atoms with Gasteiger partial charge in [-0.05, 0) is 54.5 Å². The zero-order valence-electron chi connectivity index (χ0n) is 21.6. The number of hydrogen-bond acceptors (Lipinski definition) is 6. The first-order valence-corrected chi connectivity index (χ1v) is 11.7. The third-order valence-corrected chi connectivity index (χ3v) is 5.58. The van der Waals surface area contributed by atoms with Gasteiger partial charge in [-0.15, -0.1) is 0 Å². The quantitative estimate of drug-likeness (QED) is 0.295. The van der Waals surface area contributed by atoms with E-state index >= 15 is 0 Å². The van der Waals surface area contributed by atoms with Crippen molar-refractivity contribution in [1.29, 1.82) is 0 Å². The number of ketones is 1. The summed E-state index contributed by atoms with van der Waals surface area (Å²) < 4.78 is 13.5. The van der Waals surface area contributed by atoms with Gasteiger partial charge in [0.2, 0.25) is 0 Å². The maximum Gasteiger partial charge on any atom is 0.339 e. The van der Waals surface area contributed by atoms with E-state index in [0.717, 1.165) is 22.6 Å². The zero-order valence-corrected chi connectivity index (χ0v) is 21.6.